The molecule has 4 nitrogen and oxygen atoms in total. The molecule has 2 N–H and O–H groups in total. The Labute approximate surface area is 107 Å². The molecule has 0 aliphatic rings. The van der Waals surface area contributed by atoms with Crippen molar-refractivity contribution in [3.63, 3.8) is 0 Å². The molecule has 0 unspecified atom stereocenters. The number of hydrogen-bond donors (Lipinski definition) is 2. The van der Waals surface area contributed by atoms with E-state index in [1.807, 2.05) is 34.9 Å². The van der Waals surface area contributed by atoms with Crippen LogP contribution < -0.4 is 0 Å². The van der Waals surface area contributed by atoms with Crippen LogP contribution in [0.3, 0.4) is 0 Å². The Hall–Kier alpha value is -1.79. The first-order valence-electron chi connectivity index (χ1n) is 5.01. The van der Waals surface area contributed by atoms with Crippen molar-refractivity contribution in [2.24, 2.45) is 0 Å². The highest BCUT2D eigenvalue weighted by Gasteiger charge is 2.05. The van der Waals surface area contributed by atoms with Gasteiger partial charge in [-0.3, -0.25) is 4.57 Å². The molecule has 2 aromatic heterocycles. The van der Waals surface area contributed by atoms with Crippen LogP contribution in [0, 0.1) is 9.41 Å². The van der Waals surface area contributed by atoms with Crippen molar-refractivity contribution in [2.45, 2.75) is 0 Å². The minimum Gasteiger partial charge on any atom is -0.322 e. The molecule has 1 aromatic carbocycles. The first kappa shape index (κ1) is 10.4. The first-order chi connectivity index (χ1) is 8.25. The number of rotatable bonds is 1. The third-order valence-electron chi connectivity index (χ3n) is 2.48. The van der Waals surface area contributed by atoms with Crippen molar-refractivity contribution >= 4 is 35.6 Å². The van der Waals surface area contributed by atoms with Crippen molar-refractivity contribution in [1.82, 2.24) is 19.5 Å². The van der Waals surface area contributed by atoms with Crippen LogP contribution in [-0.2, 0) is 0 Å². The lowest BCUT2D eigenvalue weighted by molar-refractivity contribution is 1.05. The second-order valence-electron chi connectivity index (χ2n) is 3.56. The van der Waals surface area contributed by atoms with E-state index in [0.717, 1.165) is 16.9 Å². The van der Waals surface area contributed by atoms with Gasteiger partial charge in [0, 0.05) is 5.69 Å². The number of aromatic nitrogens is 4. The molecule has 3 aromatic rings. The summed E-state index contributed by atoms with van der Waals surface area (Å²) in [6.45, 7) is 0. The first-order valence-corrected chi connectivity index (χ1v) is 5.82. The minimum absolute atomic E-state index is 0.500. The molecule has 0 saturated heterocycles. The van der Waals surface area contributed by atoms with Gasteiger partial charge in [0.1, 0.15) is 22.1 Å². The van der Waals surface area contributed by atoms with E-state index in [1.165, 1.54) is 0 Å². The SMILES string of the molecule is S=c1[nH]c(=S)c2ncn(-c3ccccc3)c2[nH]1. The predicted molar refractivity (Wildman–Crippen MR) is 71.4 cm³/mol. The van der Waals surface area contributed by atoms with Crippen LogP contribution in [-0.4, -0.2) is 19.5 Å². The van der Waals surface area contributed by atoms with Crippen molar-refractivity contribution in [3.05, 3.63) is 46.1 Å². The maximum atomic E-state index is 5.19. The second-order valence-corrected chi connectivity index (χ2v) is 4.37. The molecule has 0 amide bonds. The van der Waals surface area contributed by atoms with Gasteiger partial charge in [-0.2, -0.15) is 0 Å². The molecule has 0 saturated carbocycles. The summed E-state index contributed by atoms with van der Waals surface area (Å²) in [7, 11) is 0. The van der Waals surface area contributed by atoms with Crippen LogP contribution in [0.1, 0.15) is 0 Å². The number of H-pyrrole nitrogens is 2. The number of para-hydroxylation sites is 1. The van der Waals surface area contributed by atoms with E-state index in [4.69, 9.17) is 24.4 Å². The van der Waals surface area contributed by atoms with Gasteiger partial charge in [0.15, 0.2) is 4.77 Å². The van der Waals surface area contributed by atoms with Gasteiger partial charge in [-0.15, -0.1) is 0 Å². The summed E-state index contributed by atoms with van der Waals surface area (Å²) in [5, 5.41) is 0. The molecular formula is C11H8N4S2. The Balaban J connectivity index is 2.40. The highest BCUT2D eigenvalue weighted by atomic mass is 32.1. The summed E-state index contributed by atoms with van der Waals surface area (Å²) in [6.07, 6.45) is 1.73. The number of nitrogens with one attached hydrogen (secondary N) is 2. The van der Waals surface area contributed by atoms with Crippen LogP contribution in [0.5, 0.6) is 0 Å². The van der Waals surface area contributed by atoms with E-state index < -0.39 is 0 Å². The molecule has 17 heavy (non-hydrogen) atoms. The molecule has 0 atom stereocenters. The van der Waals surface area contributed by atoms with Crippen LogP contribution in [0.25, 0.3) is 16.9 Å². The standard InChI is InChI=1S/C11H8N4S2/c16-10-8-9(13-11(17)14-10)15(6-12-8)7-4-2-1-3-5-7/h1-6H,(H2,13,14,16,17). The molecule has 0 aliphatic heterocycles. The molecular weight excluding hydrogens is 252 g/mol. The van der Waals surface area contributed by atoms with Gasteiger partial charge < -0.3 is 9.97 Å². The lowest BCUT2D eigenvalue weighted by Crippen LogP contribution is -1.94. The van der Waals surface area contributed by atoms with Crippen molar-refractivity contribution in [3.8, 4) is 5.69 Å². The van der Waals surface area contributed by atoms with Gasteiger partial charge in [0.2, 0.25) is 0 Å². The Morgan fingerprint density at radius 3 is 2.59 bits per heavy atom. The molecule has 0 radical (unpaired) electrons. The van der Waals surface area contributed by atoms with E-state index in [9.17, 15) is 0 Å². The van der Waals surface area contributed by atoms with Crippen LogP contribution in [0.2, 0.25) is 0 Å². The summed E-state index contributed by atoms with van der Waals surface area (Å²) in [5.41, 5.74) is 2.55. The van der Waals surface area contributed by atoms with E-state index >= 15 is 0 Å². The lowest BCUT2D eigenvalue weighted by Gasteiger charge is -2.02. The molecule has 0 bridgehead atoms. The van der Waals surface area contributed by atoms with E-state index in [-0.39, 0.29) is 0 Å². The van der Waals surface area contributed by atoms with Gasteiger partial charge in [-0.05, 0) is 24.4 Å². The Morgan fingerprint density at radius 2 is 1.82 bits per heavy atom. The summed E-state index contributed by atoms with van der Waals surface area (Å²) in [4.78, 5) is 10.2. The van der Waals surface area contributed by atoms with E-state index in [1.54, 1.807) is 6.33 Å². The fourth-order valence-corrected chi connectivity index (χ4v) is 2.23. The monoisotopic (exact) mass is 260 g/mol. The predicted octanol–water partition coefficient (Wildman–Crippen LogP) is 3.14. The highest BCUT2D eigenvalue weighted by Crippen LogP contribution is 2.15. The van der Waals surface area contributed by atoms with Crippen LogP contribution in [0.4, 0.5) is 0 Å². The molecule has 0 spiro atoms. The number of nitrogens with zero attached hydrogens (tertiary/aromatic N) is 2. The zero-order valence-electron chi connectivity index (χ0n) is 8.68. The van der Waals surface area contributed by atoms with Crippen molar-refractivity contribution < 1.29 is 0 Å². The fraction of sp³-hybridized carbons (Fsp3) is 0. The Kier molecular flexibility index (Phi) is 2.38. The largest absolute Gasteiger partial charge is 0.322 e. The third-order valence-corrected chi connectivity index (χ3v) is 2.98. The lowest BCUT2D eigenvalue weighted by atomic mass is 10.3. The van der Waals surface area contributed by atoms with Crippen molar-refractivity contribution in [1.29, 1.82) is 0 Å². The van der Waals surface area contributed by atoms with E-state index in [2.05, 4.69) is 15.0 Å². The average Bonchev–Trinajstić information content (AvgIpc) is 2.74. The Bertz CT molecular complexity index is 782. The van der Waals surface area contributed by atoms with E-state index in [0.29, 0.717) is 9.41 Å². The number of aromatic amines is 2. The second kappa shape index (κ2) is 3.90. The Morgan fingerprint density at radius 1 is 1.06 bits per heavy atom. The zero-order chi connectivity index (χ0) is 11.8. The zero-order valence-corrected chi connectivity index (χ0v) is 10.3. The minimum atomic E-state index is 0.500. The molecule has 0 fully saturated rings. The van der Waals surface area contributed by atoms with Gasteiger partial charge in [0.05, 0.1) is 0 Å². The maximum Gasteiger partial charge on any atom is 0.177 e. The normalized spacial score (nSPS) is 10.8. The molecule has 84 valence electrons. The van der Waals surface area contributed by atoms with Gasteiger partial charge in [0.25, 0.3) is 0 Å². The molecule has 2 heterocycles. The smallest absolute Gasteiger partial charge is 0.177 e. The third kappa shape index (κ3) is 1.71. The molecule has 6 heteroatoms. The van der Waals surface area contributed by atoms with Gasteiger partial charge >= 0.3 is 0 Å². The molecule has 3 rings (SSSR count). The van der Waals surface area contributed by atoms with Gasteiger partial charge in [-0.25, -0.2) is 4.98 Å². The summed E-state index contributed by atoms with van der Waals surface area (Å²) in [6, 6.07) is 9.91. The average molecular weight is 260 g/mol. The van der Waals surface area contributed by atoms with Crippen molar-refractivity contribution in [2.75, 3.05) is 0 Å². The molecule has 0 aliphatic carbocycles. The number of imidazole rings is 1. The van der Waals surface area contributed by atoms with Gasteiger partial charge in [-0.1, -0.05) is 30.4 Å². The van der Waals surface area contributed by atoms with Crippen LogP contribution >= 0.6 is 24.4 Å². The number of fused-ring (bicyclic) bond motifs is 1. The van der Waals surface area contributed by atoms with Crippen LogP contribution in [0.15, 0.2) is 36.7 Å². The quantitative estimate of drug-likeness (QED) is 0.661. The number of hydrogen-bond acceptors (Lipinski definition) is 3. The highest BCUT2D eigenvalue weighted by molar-refractivity contribution is 7.72. The maximum absolute atomic E-state index is 5.19. The number of benzene rings is 1. The fourth-order valence-electron chi connectivity index (χ4n) is 1.72. The summed E-state index contributed by atoms with van der Waals surface area (Å²) in [5.74, 6) is 0. The summed E-state index contributed by atoms with van der Waals surface area (Å²) < 4.78 is 2.98. The topological polar surface area (TPSA) is 49.4 Å². The summed E-state index contributed by atoms with van der Waals surface area (Å²) >= 11 is 10.3.